The third-order valence-corrected chi connectivity index (χ3v) is 6.57. The predicted molar refractivity (Wildman–Crippen MR) is 114 cm³/mol. The number of fused-ring (bicyclic) bond motifs is 1. The molecule has 0 radical (unpaired) electrons. The highest BCUT2D eigenvalue weighted by Crippen LogP contribution is 2.35. The van der Waals surface area contributed by atoms with Gasteiger partial charge in [-0.15, -0.1) is 0 Å². The van der Waals surface area contributed by atoms with E-state index in [0.29, 0.717) is 34.3 Å². The Labute approximate surface area is 177 Å². The van der Waals surface area contributed by atoms with Gasteiger partial charge in [0.05, 0.1) is 18.3 Å². The molecule has 2 fully saturated rings. The highest BCUT2D eigenvalue weighted by atomic mass is 32.1. The van der Waals surface area contributed by atoms with E-state index in [1.54, 1.807) is 11.8 Å². The fourth-order valence-electron chi connectivity index (χ4n) is 3.90. The molecular formula is C21H23N5O3S. The van der Waals surface area contributed by atoms with Crippen LogP contribution in [0.15, 0.2) is 30.3 Å². The van der Waals surface area contributed by atoms with Crippen molar-refractivity contribution >= 4 is 38.6 Å². The third kappa shape index (κ3) is 3.48. The van der Waals surface area contributed by atoms with Crippen LogP contribution in [0.5, 0.6) is 0 Å². The largest absolute Gasteiger partial charge is 0.383 e. The summed E-state index contributed by atoms with van der Waals surface area (Å²) in [6.45, 7) is 1.20. The van der Waals surface area contributed by atoms with Crippen molar-refractivity contribution in [2.75, 3.05) is 25.6 Å². The van der Waals surface area contributed by atoms with Crippen molar-refractivity contribution in [2.45, 2.75) is 31.7 Å². The smallest absolute Gasteiger partial charge is 0.276 e. The average molecular weight is 426 g/mol. The molecule has 1 saturated heterocycles. The lowest BCUT2D eigenvalue weighted by Crippen LogP contribution is -2.38. The van der Waals surface area contributed by atoms with Gasteiger partial charge in [0.2, 0.25) is 5.91 Å². The number of nitrogens with one attached hydrogen (secondary N) is 1. The average Bonchev–Trinajstić information content (AvgIpc) is 3.23. The molecule has 9 heteroatoms. The molecule has 1 saturated carbocycles. The topological polar surface area (TPSA) is 89.3 Å². The molecule has 5 rings (SSSR count). The van der Waals surface area contributed by atoms with Gasteiger partial charge >= 0.3 is 0 Å². The number of likely N-dealkylation sites (tertiary alicyclic amines) is 1. The molecule has 3 heterocycles. The first-order chi connectivity index (χ1) is 14.7. The van der Waals surface area contributed by atoms with Crippen LogP contribution < -0.4 is 5.32 Å². The van der Waals surface area contributed by atoms with Gasteiger partial charge in [-0.25, -0.2) is 4.68 Å². The van der Waals surface area contributed by atoms with E-state index in [-0.39, 0.29) is 23.8 Å². The Morgan fingerprint density at radius 3 is 2.77 bits per heavy atom. The summed E-state index contributed by atoms with van der Waals surface area (Å²) < 4.78 is 7.68. The molecule has 0 spiro atoms. The summed E-state index contributed by atoms with van der Waals surface area (Å²) in [5.74, 6) is -0.0284. The number of hydrogen-bond acceptors (Lipinski definition) is 6. The second-order valence-corrected chi connectivity index (χ2v) is 8.78. The van der Waals surface area contributed by atoms with Crippen LogP contribution in [-0.2, 0) is 9.53 Å². The van der Waals surface area contributed by atoms with Gasteiger partial charge in [-0.2, -0.15) is 10.1 Å². The number of benzene rings is 1. The fraction of sp³-hybridized carbons (Fsp3) is 0.429. The standard InChI is InChI=1S/C21H23N5O3S/c1-29-12-15-8-5-11-25(15)20(28)16-17-18(26(24-16)14-6-3-2-4-7-14)22-21(30-17)23-19(27)13-9-10-13/h2-4,6-7,13,15H,5,8-12H2,1H3,(H,22,23,27)/t15-/m1/s1. The molecule has 30 heavy (non-hydrogen) atoms. The minimum atomic E-state index is -0.113. The highest BCUT2D eigenvalue weighted by Gasteiger charge is 2.34. The highest BCUT2D eigenvalue weighted by molar-refractivity contribution is 7.22. The van der Waals surface area contributed by atoms with E-state index >= 15 is 0 Å². The number of rotatable bonds is 6. The molecule has 1 atom stereocenters. The minimum Gasteiger partial charge on any atom is -0.383 e. The number of thiazole rings is 1. The lowest BCUT2D eigenvalue weighted by Gasteiger charge is -2.23. The van der Waals surface area contributed by atoms with E-state index in [1.807, 2.05) is 35.2 Å². The van der Waals surface area contributed by atoms with Gasteiger partial charge in [0.15, 0.2) is 16.5 Å². The van der Waals surface area contributed by atoms with Crippen LogP contribution in [0.3, 0.4) is 0 Å². The Kier molecular flexibility index (Phi) is 5.00. The van der Waals surface area contributed by atoms with Gasteiger partial charge in [0.1, 0.15) is 4.70 Å². The van der Waals surface area contributed by atoms with Crippen molar-refractivity contribution < 1.29 is 14.3 Å². The number of ether oxygens (including phenoxy) is 1. The number of para-hydroxylation sites is 1. The monoisotopic (exact) mass is 425 g/mol. The Bertz CT molecular complexity index is 1090. The van der Waals surface area contributed by atoms with Gasteiger partial charge in [0.25, 0.3) is 5.91 Å². The molecule has 1 aliphatic carbocycles. The Hall–Kier alpha value is -2.78. The van der Waals surface area contributed by atoms with Gasteiger partial charge in [-0.3, -0.25) is 9.59 Å². The maximum atomic E-state index is 13.4. The lowest BCUT2D eigenvalue weighted by atomic mass is 10.2. The van der Waals surface area contributed by atoms with Crippen LogP contribution in [-0.4, -0.2) is 57.8 Å². The molecule has 1 aromatic carbocycles. The van der Waals surface area contributed by atoms with Crippen LogP contribution in [0.2, 0.25) is 0 Å². The first kappa shape index (κ1) is 19.2. The van der Waals surface area contributed by atoms with E-state index < -0.39 is 0 Å². The van der Waals surface area contributed by atoms with E-state index in [2.05, 4.69) is 15.4 Å². The van der Waals surface area contributed by atoms with Crippen molar-refractivity contribution in [1.82, 2.24) is 19.7 Å². The summed E-state index contributed by atoms with van der Waals surface area (Å²) in [6.07, 6.45) is 3.73. The van der Waals surface area contributed by atoms with Crippen LogP contribution in [0, 0.1) is 5.92 Å². The molecule has 0 unspecified atom stereocenters. The number of hydrogen-bond donors (Lipinski definition) is 1. The number of nitrogens with zero attached hydrogens (tertiary/aromatic N) is 4. The number of carbonyl (C=O) groups is 2. The molecule has 0 bridgehead atoms. The van der Waals surface area contributed by atoms with E-state index in [1.165, 1.54) is 11.3 Å². The molecule has 156 valence electrons. The summed E-state index contributed by atoms with van der Waals surface area (Å²) in [5, 5.41) is 8.06. The Morgan fingerprint density at radius 2 is 2.03 bits per heavy atom. The van der Waals surface area contributed by atoms with Crippen molar-refractivity contribution in [3.63, 3.8) is 0 Å². The normalized spacial score (nSPS) is 18.8. The van der Waals surface area contributed by atoms with Crippen LogP contribution in [0.4, 0.5) is 5.13 Å². The molecule has 2 aliphatic rings. The zero-order valence-corrected chi connectivity index (χ0v) is 17.5. The first-order valence-corrected chi connectivity index (χ1v) is 11.0. The maximum Gasteiger partial charge on any atom is 0.276 e. The Morgan fingerprint density at radius 1 is 1.23 bits per heavy atom. The Balaban J connectivity index is 1.55. The van der Waals surface area contributed by atoms with Gasteiger partial charge in [-0.1, -0.05) is 29.5 Å². The maximum absolute atomic E-state index is 13.4. The van der Waals surface area contributed by atoms with E-state index in [9.17, 15) is 9.59 Å². The van der Waals surface area contributed by atoms with Crippen molar-refractivity contribution in [3.8, 4) is 5.69 Å². The summed E-state index contributed by atoms with van der Waals surface area (Å²) in [5.41, 5.74) is 1.78. The number of carbonyl (C=O) groups excluding carboxylic acids is 2. The molecule has 8 nitrogen and oxygen atoms in total. The van der Waals surface area contributed by atoms with Crippen LogP contribution >= 0.6 is 11.3 Å². The predicted octanol–water partition coefficient (Wildman–Crippen LogP) is 3.08. The van der Waals surface area contributed by atoms with Crippen LogP contribution in [0.25, 0.3) is 16.0 Å². The number of anilines is 1. The van der Waals surface area contributed by atoms with Gasteiger partial charge in [0, 0.05) is 19.6 Å². The molecule has 2 amide bonds. The summed E-state index contributed by atoms with van der Waals surface area (Å²) in [4.78, 5) is 32.1. The summed E-state index contributed by atoms with van der Waals surface area (Å²) >= 11 is 1.31. The van der Waals surface area contributed by atoms with Gasteiger partial charge in [-0.05, 0) is 37.8 Å². The second-order valence-electron chi connectivity index (χ2n) is 7.78. The van der Waals surface area contributed by atoms with Crippen molar-refractivity contribution in [1.29, 1.82) is 0 Å². The summed E-state index contributed by atoms with van der Waals surface area (Å²) in [7, 11) is 1.65. The molecule has 2 aromatic heterocycles. The van der Waals surface area contributed by atoms with Gasteiger partial charge < -0.3 is 15.0 Å². The first-order valence-electron chi connectivity index (χ1n) is 10.2. The third-order valence-electron chi connectivity index (χ3n) is 5.60. The fourth-order valence-corrected chi connectivity index (χ4v) is 4.83. The number of amides is 2. The second kappa shape index (κ2) is 7.81. The molecular weight excluding hydrogens is 402 g/mol. The molecule has 3 aromatic rings. The lowest BCUT2D eigenvalue weighted by molar-refractivity contribution is -0.117. The number of aromatic nitrogens is 3. The SMILES string of the molecule is COC[C@H]1CCCN1C(=O)c1nn(-c2ccccc2)c2nc(NC(=O)C3CC3)sc12. The minimum absolute atomic E-state index is 0.00167. The zero-order valence-electron chi connectivity index (χ0n) is 16.7. The van der Waals surface area contributed by atoms with Crippen molar-refractivity contribution in [2.24, 2.45) is 5.92 Å². The molecule has 1 N–H and O–H groups in total. The van der Waals surface area contributed by atoms with E-state index in [4.69, 9.17) is 4.74 Å². The summed E-state index contributed by atoms with van der Waals surface area (Å²) in [6, 6.07) is 9.67. The molecule has 1 aliphatic heterocycles. The quantitative estimate of drug-likeness (QED) is 0.656. The van der Waals surface area contributed by atoms with E-state index in [0.717, 1.165) is 31.4 Å². The van der Waals surface area contributed by atoms with Crippen LogP contribution in [0.1, 0.15) is 36.2 Å². The zero-order chi connectivity index (χ0) is 20.7. The van der Waals surface area contributed by atoms with Crippen molar-refractivity contribution in [3.05, 3.63) is 36.0 Å². The number of methoxy groups -OCH3 is 1.